The van der Waals surface area contributed by atoms with E-state index in [1.165, 1.54) is 6.26 Å². The van der Waals surface area contributed by atoms with Crippen LogP contribution >= 0.6 is 0 Å². The largest absolute Gasteiger partial charge is 0.328 e. The summed E-state index contributed by atoms with van der Waals surface area (Å²) in [6.07, 6.45) is 4.85. The standard InChI is InChI=1S/C15H21N3O2S/c1-15(2,16-3)14-9-17-11-18(14)10-12-5-7-13(8-6-12)21(4,19)20/h5-9,11,16H,10H2,1-4H3. The summed E-state index contributed by atoms with van der Waals surface area (Å²) in [4.78, 5) is 4.56. The van der Waals surface area contributed by atoms with Crippen molar-refractivity contribution in [2.45, 2.75) is 30.8 Å². The Morgan fingerprint density at radius 2 is 1.86 bits per heavy atom. The van der Waals surface area contributed by atoms with Crippen molar-refractivity contribution in [3.63, 3.8) is 0 Å². The number of rotatable bonds is 5. The molecule has 0 aliphatic carbocycles. The Kier molecular flexibility index (Phi) is 4.20. The van der Waals surface area contributed by atoms with E-state index in [-0.39, 0.29) is 5.54 Å². The van der Waals surface area contributed by atoms with Crippen molar-refractivity contribution in [2.75, 3.05) is 13.3 Å². The zero-order valence-corrected chi connectivity index (χ0v) is 13.6. The molecule has 0 saturated carbocycles. The number of nitrogens with zero attached hydrogens (tertiary/aromatic N) is 2. The molecule has 0 atom stereocenters. The van der Waals surface area contributed by atoms with Crippen molar-refractivity contribution in [1.82, 2.24) is 14.9 Å². The number of sulfone groups is 1. The van der Waals surface area contributed by atoms with Gasteiger partial charge in [-0.15, -0.1) is 0 Å². The number of benzene rings is 1. The van der Waals surface area contributed by atoms with Gasteiger partial charge in [0.15, 0.2) is 9.84 Å². The van der Waals surface area contributed by atoms with Crippen LogP contribution in [0.25, 0.3) is 0 Å². The average Bonchev–Trinajstić information content (AvgIpc) is 2.87. The summed E-state index contributed by atoms with van der Waals surface area (Å²) < 4.78 is 25.0. The van der Waals surface area contributed by atoms with Crippen LogP contribution in [-0.2, 0) is 21.9 Å². The second kappa shape index (κ2) is 5.61. The molecule has 114 valence electrons. The molecular formula is C15H21N3O2S. The van der Waals surface area contributed by atoms with Crippen LogP contribution in [0, 0.1) is 0 Å². The fraction of sp³-hybridized carbons (Fsp3) is 0.400. The van der Waals surface area contributed by atoms with Crippen LogP contribution < -0.4 is 5.32 Å². The molecule has 0 saturated heterocycles. The molecular weight excluding hydrogens is 286 g/mol. The molecule has 2 rings (SSSR count). The summed E-state index contributed by atoms with van der Waals surface area (Å²) in [7, 11) is -1.23. The fourth-order valence-electron chi connectivity index (χ4n) is 2.13. The van der Waals surface area contributed by atoms with E-state index in [0.29, 0.717) is 11.4 Å². The Bertz CT molecular complexity index is 716. The summed E-state index contributed by atoms with van der Waals surface area (Å²) in [5, 5.41) is 3.26. The SMILES string of the molecule is CNC(C)(C)c1cncn1Cc1ccc(S(C)(=O)=O)cc1. The molecule has 6 heteroatoms. The van der Waals surface area contributed by atoms with E-state index >= 15 is 0 Å². The number of hydrogen-bond acceptors (Lipinski definition) is 4. The highest BCUT2D eigenvalue weighted by atomic mass is 32.2. The van der Waals surface area contributed by atoms with Crippen molar-refractivity contribution in [1.29, 1.82) is 0 Å². The first-order chi connectivity index (χ1) is 9.74. The lowest BCUT2D eigenvalue weighted by Crippen LogP contribution is -2.35. The van der Waals surface area contributed by atoms with Crippen molar-refractivity contribution >= 4 is 9.84 Å². The Hall–Kier alpha value is -1.66. The monoisotopic (exact) mass is 307 g/mol. The lowest BCUT2D eigenvalue weighted by atomic mass is 10.0. The van der Waals surface area contributed by atoms with Crippen molar-refractivity contribution < 1.29 is 8.42 Å². The van der Waals surface area contributed by atoms with Gasteiger partial charge in [0.05, 0.1) is 28.7 Å². The van der Waals surface area contributed by atoms with Gasteiger partial charge in [-0.25, -0.2) is 13.4 Å². The van der Waals surface area contributed by atoms with E-state index in [4.69, 9.17) is 0 Å². The van der Waals surface area contributed by atoms with Gasteiger partial charge in [0.1, 0.15) is 0 Å². The lowest BCUT2D eigenvalue weighted by molar-refractivity contribution is 0.413. The minimum atomic E-state index is -3.15. The summed E-state index contributed by atoms with van der Waals surface area (Å²) in [5.41, 5.74) is 1.94. The van der Waals surface area contributed by atoms with Crippen LogP contribution in [0.3, 0.4) is 0 Å². The van der Waals surface area contributed by atoms with Crippen LogP contribution in [0.1, 0.15) is 25.1 Å². The smallest absolute Gasteiger partial charge is 0.175 e. The van der Waals surface area contributed by atoms with Crippen LogP contribution in [0.4, 0.5) is 0 Å². The molecule has 21 heavy (non-hydrogen) atoms. The minimum Gasteiger partial charge on any atom is -0.328 e. The first-order valence-electron chi connectivity index (χ1n) is 6.72. The molecule has 0 radical (unpaired) electrons. The van der Waals surface area contributed by atoms with Gasteiger partial charge in [-0.05, 0) is 38.6 Å². The zero-order valence-electron chi connectivity index (χ0n) is 12.8. The molecule has 0 amide bonds. The van der Waals surface area contributed by atoms with E-state index in [1.807, 2.05) is 25.4 Å². The fourth-order valence-corrected chi connectivity index (χ4v) is 2.76. The first-order valence-corrected chi connectivity index (χ1v) is 8.62. The Labute approximate surface area is 125 Å². The maximum absolute atomic E-state index is 11.5. The second-order valence-corrected chi connectivity index (χ2v) is 7.71. The molecule has 0 aliphatic heterocycles. The molecule has 1 N–H and O–H groups in total. The molecule has 0 unspecified atom stereocenters. The summed E-state index contributed by atoms with van der Waals surface area (Å²) in [6.45, 7) is 4.84. The van der Waals surface area contributed by atoms with E-state index in [0.717, 1.165) is 11.3 Å². The summed E-state index contributed by atoms with van der Waals surface area (Å²) in [6, 6.07) is 6.97. The first kappa shape index (κ1) is 15.7. The number of aromatic nitrogens is 2. The molecule has 1 aromatic heterocycles. The second-order valence-electron chi connectivity index (χ2n) is 5.70. The highest BCUT2D eigenvalue weighted by Gasteiger charge is 2.22. The Balaban J connectivity index is 2.26. The minimum absolute atomic E-state index is 0.177. The van der Waals surface area contributed by atoms with E-state index < -0.39 is 9.84 Å². The Morgan fingerprint density at radius 1 is 1.24 bits per heavy atom. The summed E-state index contributed by atoms with van der Waals surface area (Å²) in [5.74, 6) is 0. The number of imidazole rings is 1. The van der Waals surface area contributed by atoms with Gasteiger partial charge < -0.3 is 9.88 Å². The molecule has 0 fully saturated rings. The number of hydrogen-bond donors (Lipinski definition) is 1. The molecule has 2 aromatic rings. The van der Waals surface area contributed by atoms with Gasteiger partial charge in [0, 0.05) is 12.8 Å². The molecule has 0 spiro atoms. The lowest BCUT2D eigenvalue weighted by Gasteiger charge is -2.25. The third-order valence-corrected chi connectivity index (χ3v) is 4.81. The zero-order chi connectivity index (χ0) is 15.7. The normalized spacial score (nSPS) is 12.6. The van der Waals surface area contributed by atoms with Crippen molar-refractivity contribution in [2.24, 2.45) is 0 Å². The molecule has 5 nitrogen and oxygen atoms in total. The van der Waals surface area contributed by atoms with Crippen LogP contribution in [0.5, 0.6) is 0 Å². The van der Waals surface area contributed by atoms with Gasteiger partial charge in [-0.1, -0.05) is 12.1 Å². The van der Waals surface area contributed by atoms with Gasteiger partial charge >= 0.3 is 0 Å². The van der Waals surface area contributed by atoms with Gasteiger partial charge in [-0.2, -0.15) is 0 Å². The predicted octanol–water partition coefficient (Wildman–Crippen LogP) is 1.79. The third kappa shape index (κ3) is 3.51. The third-order valence-electron chi connectivity index (χ3n) is 3.68. The number of nitrogens with one attached hydrogen (secondary N) is 1. The maximum Gasteiger partial charge on any atom is 0.175 e. The van der Waals surface area contributed by atoms with Gasteiger partial charge in [-0.3, -0.25) is 0 Å². The quantitative estimate of drug-likeness (QED) is 0.914. The molecule has 0 bridgehead atoms. The highest BCUT2D eigenvalue weighted by molar-refractivity contribution is 7.90. The van der Waals surface area contributed by atoms with Crippen LogP contribution in [-0.4, -0.2) is 31.3 Å². The maximum atomic E-state index is 11.5. The van der Waals surface area contributed by atoms with Gasteiger partial charge in [0.2, 0.25) is 0 Å². The van der Waals surface area contributed by atoms with E-state index in [1.54, 1.807) is 18.5 Å². The Morgan fingerprint density at radius 3 is 2.38 bits per heavy atom. The van der Waals surface area contributed by atoms with E-state index in [9.17, 15) is 8.42 Å². The van der Waals surface area contributed by atoms with Crippen LogP contribution in [0.2, 0.25) is 0 Å². The van der Waals surface area contributed by atoms with Crippen LogP contribution in [0.15, 0.2) is 41.7 Å². The van der Waals surface area contributed by atoms with Crippen molar-refractivity contribution in [3.8, 4) is 0 Å². The van der Waals surface area contributed by atoms with Crippen molar-refractivity contribution in [3.05, 3.63) is 48.0 Å². The highest BCUT2D eigenvalue weighted by Crippen LogP contribution is 2.20. The average molecular weight is 307 g/mol. The van der Waals surface area contributed by atoms with Gasteiger partial charge in [0.25, 0.3) is 0 Å². The molecule has 1 heterocycles. The predicted molar refractivity (Wildman–Crippen MR) is 83.0 cm³/mol. The topological polar surface area (TPSA) is 64.0 Å². The summed E-state index contributed by atoms with van der Waals surface area (Å²) >= 11 is 0. The molecule has 1 aromatic carbocycles. The molecule has 0 aliphatic rings. The van der Waals surface area contributed by atoms with E-state index in [2.05, 4.69) is 28.7 Å².